The molecule has 142 valence electrons. The minimum atomic E-state index is -0.213. The van der Waals surface area contributed by atoms with Crippen LogP contribution in [-0.2, 0) is 13.0 Å². The number of aryl methyl sites for hydroxylation is 1. The van der Waals surface area contributed by atoms with E-state index in [0.29, 0.717) is 12.2 Å². The zero-order valence-corrected chi connectivity index (χ0v) is 18.0. The Bertz CT molecular complexity index is 689. The molecule has 0 amide bonds. The minimum Gasteiger partial charge on any atom is -0.375 e. The molecule has 0 atom stereocenters. The van der Waals surface area contributed by atoms with Crippen molar-refractivity contribution in [2.75, 3.05) is 32.6 Å². The summed E-state index contributed by atoms with van der Waals surface area (Å²) in [5.41, 5.74) is 2.81. The van der Waals surface area contributed by atoms with Gasteiger partial charge in [-0.25, -0.2) is 4.39 Å². The summed E-state index contributed by atoms with van der Waals surface area (Å²) in [5.74, 6) is 0.514. The quantitative estimate of drug-likeness (QED) is 0.280. The van der Waals surface area contributed by atoms with E-state index in [4.69, 9.17) is 0 Å². The molecule has 0 aromatic heterocycles. The first-order valence-electron chi connectivity index (χ1n) is 8.54. The molecule has 26 heavy (non-hydrogen) atoms. The number of nitrogens with one attached hydrogen (secondary N) is 2. The average molecular weight is 470 g/mol. The van der Waals surface area contributed by atoms with Gasteiger partial charge >= 0.3 is 0 Å². The first-order valence-corrected chi connectivity index (χ1v) is 8.54. The molecule has 2 aromatic rings. The zero-order valence-electron chi connectivity index (χ0n) is 15.6. The normalized spacial score (nSPS) is 10.8. The number of halogens is 2. The van der Waals surface area contributed by atoms with Gasteiger partial charge in [-0.05, 0) is 36.1 Å². The Kier molecular flexibility index (Phi) is 10.0. The Morgan fingerprint density at radius 3 is 2.38 bits per heavy atom. The first-order chi connectivity index (χ1) is 12.1. The van der Waals surface area contributed by atoms with Gasteiger partial charge in [-0.1, -0.05) is 36.4 Å². The second-order valence-electron chi connectivity index (χ2n) is 6.12. The fourth-order valence-electron chi connectivity index (χ4n) is 2.57. The van der Waals surface area contributed by atoms with Crippen LogP contribution in [0.3, 0.4) is 0 Å². The summed E-state index contributed by atoms with van der Waals surface area (Å²) < 4.78 is 14.0. The molecule has 0 unspecified atom stereocenters. The fraction of sp³-hybridized carbons (Fsp3) is 0.350. The Balaban J connectivity index is 0.00000338. The molecule has 2 N–H and O–H groups in total. The molecule has 0 heterocycles. The Morgan fingerprint density at radius 1 is 1.04 bits per heavy atom. The number of aliphatic imine (C=N–C) groups is 1. The molecule has 0 saturated heterocycles. The van der Waals surface area contributed by atoms with Crippen molar-refractivity contribution in [1.82, 2.24) is 10.6 Å². The monoisotopic (exact) mass is 470 g/mol. The van der Waals surface area contributed by atoms with Crippen LogP contribution in [0.2, 0.25) is 0 Å². The van der Waals surface area contributed by atoms with Crippen LogP contribution < -0.4 is 15.5 Å². The van der Waals surface area contributed by atoms with E-state index in [-0.39, 0.29) is 29.8 Å². The van der Waals surface area contributed by atoms with Crippen molar-refractivity contribution in [2.24, 2.45) is 4.99 Å². The number of benzene rings is 2. The molecule has 0 fully saturated rings. The topological polar surface area (TPSA) is 39.7 Å². The molecule has 0 aliphatic carbocycles. The van der Waals surface area contributed by atoms with Gasteiger partial charge in [-0.3, -0.25) is 4.99 Å². The molecular formula is C20H28FIN4. The van der Waals surface area contributed by atoms with Crippen molar-refractivity contribution in [2.45, 2.75) is 19.4 Å². The molecule has 2 aromatic carbocycles. The van der Waals surface area contributed by atoms with Crippen LogP contribution in [0, 0.1) is 5.82 Å². The van der Waals surface area contributed by atoms with Gasteiger partial charge in [-0.15, -0.1) is 24.0 Å². The largest absolute Gasteiger partial charge is 0.375 e. The van der Waals surface area contributed by atoms with Gasteiger partial charge in [0.15, 0.2) is 5.96 Å². The van der Waals surface area contributed by atoms with Crippen molar-refractivity contribution in [1.29, 1.82) is 0 Å². The van der Waals surface area contributed by atoms with Crippen LogP contribution in [-0.4, -0.2) is 33.6 Å². The van der Waals surface area contributed by atoms with Crippen molar-refractivity contribution < 1.29 is 4.39 Å². The molecule has 2 rings (SSSR count). The molecule has 0 aliphatic rings. The van der Waals surface area contributed by atoms with Gasteiger partial charge in [0.25, 0.3) is 0 Å². The number of hydrogen-bond acceptors (Lipinski definition) is 2. The maximum absolute atomic E-state index is 14.0. The summed E-state index contributed by atoms with van der Waals surface area (Å²) in [7, 11) is 5.40. The van der Waals surface area contributed by atoms with Gasteiger partial charge in [0.2, 0.25) is 0 Å². The lowest BCUT2D eigenvalue weighted by atomic mass is 10.1. The van der Waals surface area contributed by atoms with E-state index >= 15 is 0 Å². The van der Waals surface area contributed by atoms with Crippen LogP contribution in [0.15, 0.2) is 53.5 Å². The Labute approximate surface area is 172 Å². The van der Waals surface area contributed by atoms with Crippen molar-refractivity contribution in [3.63, 3.8) is 0 Å². The van der Waals surface area contributed by atoms with E-state index in [1.165, 1.54) is 5.56 Å². The summed E-state index contributed by atoms with van der Waals surface area (Å²) in [6.07, 6.45) is 2.05. The van der Waals surface area contributed by atoms with Gasteiger partial charge in [-0.2, -0.15) is 0 Å². The van der Waals surface area contributed by atoms with E-state index in [9.17, 15) is 4.39 Å². The van der Waals surface area contributed by atoms with Crippen LogP contribution in [0.4, 0.5) is 10.1 Å². The van der Waals surface area contributed by atoms with Gasteiger partial charge in [0, 0.05) is 34.2 Å². The van der Waals surface area contributed by atoms with Gasteiger partial charge in [0.1, 0.15) is 5.82 Å². The summed E-state index contributed by atoms with van der Waals surface area (Å²) in [6.45, 7) is 1.37. The van der Waals surface area contributed by atoms with E-state index in [2.05, 4.69) is 39.9 Å². The van der Waals surface area contributed by atoms with Crippen LogP contribution in [0.5, 0.6) is 0 Å². The Hall–Kier alpha value is -1.83. The molecule has 0 bridgehead atoms. The molecule has 6 heteroatoms. The SMILES string of the molecule is CN=C(NCCCc1ccccc1)NCc1ccc(N(C)C)c(F)c1.I. The highest BCUT2D eigenvalue weighted by atomic mass is 127. The molecular weight excluding hydrogens is 442 g/mol. The van der Waals surface area contributed by atoms with Gasteiger partial charge in [0.05, 0.1) is 5.69 Å². The highest BCUT2D eigenvalue weighted by molar-refractivity contribution is 14.0. The molecule has 0 radical (unpaired) electrons. The highest BCUT2D eigenvalue weighted by Crippen LogP contribution is 2.18. The van der Waals surface area contributed by atoms with Crippen molar-refractivity contribution in [3.8, 4) is 0 Å². The number of guanidine groups is 1. The number of rotatable bonds is 7. The third-order valence-electron chi connectivity index (χ3n) is 3.95. The molecule has 4 nitrogen and oxygen atoms in total. The van der Waals surface area contributed by atoms with E-state index in [0.717, 1.165) is 30.9 Å². The molecule has 0 saturated carbocycles. The second-order valence-corrected chi connectivity index (χ2v) is 6.12. The van der Waals surface area contributed by atoms with E-state index < -0.39 is 0 Å². The first kappa shape index (κ1) is 22.2. The zero-order chi connectivity index (χ0) is 18.1. The summed E-state index contributed by atoms with van der Waals surface area (Å²) >= 11 is 0. The van der Waals surface area contributed by atoms with Gasteiger partial charge < -0.3 is 15.5 Å². The molecule has 0 aliphatic heterocycles. The lowest BCUT2D eigenvalue weighted by molar-refractivity contribution is 0.623. The van der Waals surface area contributed by atoms with Crippen LogP contribution in [0.25, 0.3) is 0 Å². The predicted molar refractivity (Wildman–Crippen MR) is 119 cm³/mol. The van der Waals surface area contributed by atoms with E-state index in [1.807, 2.05) is 26.2 Å². The van der Waals surface area contributed by atoms with E-state index in [1.54, 1.807) is 24.1 Å². The maximum Gasteiger partial charge on any atom is 0.191 e. The van der Waals surface area contributed by atoms with Crippen LogP contribution in [0.1, 0.15) is 17.5 Å². The number of anilines is 1. The summed E-state index contributed by atoms with van der Waals surface area (Å²) in [5, 5.41) is 6.51. The fourth-order valence-corrected chi connectivity index (χ4v) is 2.57. The van der Waals surface area contributed by atoms with Crippen LogP contribution >= 0.6 is 24.0 Å². The second kappa shape index (κ2) is 11.7. The summed E-state index contributed by atoms with van der Waals surface area (Å²) in [6, 6.07) is 15.7. The average Bonchev–Trinajstić information content (AvgIpc) is 2.61. The predicted octanol–water partition coefficient (Wildman–Crippen LogP) is 3.81. The smallest absolute Gasteiger partial charge is 0.191 e. The van der Waals surface area contributed by atoms with Crippen molar-refractivity contribution in [3.05, 3.63) is 65.5 Å². The lowest BCUT2D eigenvalue weighted by Crippen LogP contribution is -2.37. The highest BCUT2D eigenvalue weighted by Gasteiger charge is 2.06. The molecule has 0 spiro atoms. The maximum atomic E-state index is 14.0. The third-order valence-corrected chi connectivity index (χ3v) is 3.95. The lowest BCUT2D eigenvalue weighted by Gasteiger charge is -2.15. The summed E-state index contributed by atoms with van der Waals surface area (Å²) in [4.78, 5) is 5.97. The minimum absolute atomic E-state index is 0. The van der Waals surface area contributed by atoms with Crippen molar-refractivity contribution >= 4 is 35.6 Å². The third kappa shape index (κ3) is 7.19. The number of hydrogen-bond donors (Lipinski definition) is 2. The number of nitrogens with zero attached hydrogens (tertiary/aromatic N) is 2. The Morgan fingerprint density at radius 2 is 1.77 bits per heavy atom. The standard InChI is InChI=1S/C20H27FN4.HI/c1-22-20(23-13-7-10-16-8-5-4-6-9-16)24-15-17-11-12-19(25(2)3)18(21)14-17;/h4-6,8-9,11-12,14H,7,10,13,15H2,1-3H3,(H2,22,23,24);1H.